The molecule has 0 bridgehead atoms. The van der Waals surface area contributed by atoms with E-state index in [1.807, 2.05) is 0 Å². The summed E-state index contributed by atoms with van der Waals surface area (Å²) in [6, 6.07) is 0. The molecular weight excluding hydrogens is 254 g/mol. The second-order valence-corrected chi connectivity index (χ2v) is 6.59. The Hall–Kier alpha value is -1.06. The Morgan fingerprint density at radius 2 is 1.90 bits per heavy atom. The zero-order valence-corrected chi connectivity index (χ0v) is 12.9. The van der Waals surface area contributed by atoms with E-state index in [4.69, 9.17) is 5.11 Å². The summed E-state index contributed by atoms with van der Waals surface area (Å²) in [7, 11) is 0. The number of carboxylic acids is 1. The van der Waals surface area contributed by atoms with Crippen molar-refractivity contribution in [3.8, 4) is 0 Å². The molecule has 1 amide bonds. The lowest BCUT2D eigenvalue weighted by Gasteiger charge is -2.18. The number of nitrogens with one attached hydrogen (secondary N) is 1. The van der Waals surface area contributed by atoms with E-state index in [9.17, 15) is 9.59 Å². The lowest BCUT2D eigenvalue weighted by molar-refractivity contribution is -0.138. The summed E-state index contributed by atoms with van der Waals surface area (Å²) in [4.78, 5) is 22.6. The van der Waals surface area contributed by atoms with Gasteiger partial charge in [-0.15, -0.1) is 0 Å². The van der Waals surface area contributed by atoms with Crippen molar-refractivity contribution in [3.05, 3.63) is 0 Å². The van der Waals surface area contributed by atoms with E-state index < -0.39 is 5.97 Å². The van der Waals surface area contributed by atoms with Crippen molar-refractivity contribution < 1.29 is 14.7 Å². The molecule has 0 radical (unpaired) electrons. The number of aliphatic carboxylic acids is 1. The molecule has 0 unspecified atom stereocenters. The van der Waals surface area contributed by atoms with Crippen LogP contribution in [0.15, 0.2) is 0 Å². The van der Waals surface area contributed by atoms with Crippen molar-refractivity contribution in [3.63, 3.8) is 0 Å². The number of rotatable bonds is 9. The van der Waals surface area contributed by atoms with Crippen LogP contribution in [0.3, 0.4) is 0 Å². The molecule has 0 aliphatic heterocycles. The van der Waals surface area contributed by atoms with Gasteiger partial charge in [0.2, 0.25) is 5.91 Å². The van der Waals surface area contributed by atoms with Gasteiger partial charge in [-0.2, -0.15) is 0 Å². The molecule has 4 heteroatoms. The monoisotopic (exact) mass is 283 g/mol. The first kappa shape index (κ1) is 17.0. The highest BCUT2D eigenvalue weighted by molar-refractivity contribution is 5.76. The topological polar surface area (TPSA) is 66.4 Å². The highest BCUT2D eigenvalue weighted by atomic mass is 16.4. The smallest absolute Gasteiger partial charge is 0.303 e. The molecule has 0 aromatic heterocycles. The Morgan fingerprint density at radius 1 is 1.25 bits per heavy atom. The van der Waals surface area contributed by atoms with E-state index in [2.05, 4.69) is 19.2 Å². The molecule has 4 nitrogen and oxygen atoms in total. The van der Waals surface area contributed by atoms with Crippen molar-refractivity contribution in [2.75, 3.05) is 6.54 Å². The highest BCUT2D eigenvalue weighted by Gasteiger charge is 2.18. The lowest BCUT2D eigenvalue weighted by atomic mass is 9.94. The van der Waals surface area contributed by atoms with Gasteiger partial charge in [0.15, 0.2) is 0 Å². The lowest BCUT2D eigenvalue weighted by Crippen LogP contribution is -2.31. The number of carboxylic acid groups (broad SMARTS) is 1. The second kappa shape index (κ2) is 8.98. The molecule has 0 spiro atoms. The Morgan fingerprint density at radius 3 is 2.45 bits per heavy atom. The minimum Gasteiger partial charge on any atom is -0.481 e. The molecule has 0 saturated heterocycles. The van der Waals surface area contributed by atoms with Gasteiger partial charge in [-0.25, -0.2) is 0 Å². The largest absolute Gasteiger partial charge is 0.481 e. The first-order valence-corrected chi connectivity index (χ1v) is 7.95. The number of carbonyl (C=O) groups excluding carboxylic acids is 1. The SMILES string of the molecule is CC(C)C[C@H](CNC(=O)CCC1CCCC1)CC(=O)O. The van der Waals surface area contributed by atoms with Crippen LogP contribution < -0.4 is 5.32 Å². The Balaban J connectivity index is 2.22. The van der Waals surface area contributed by atoms with Gasteiger partial charge in [-0.1, -0.05) is 39.5 Å². The van der Waals surface area contributed by atoms with Gasteiger partial charge in [0.25, 0.3) is 0 Å². The maximum absolute atomic E-state index is 11.8. The van der Waals surface area contributed by atoms with Crippen LogP contribution in [0.4, 0.5) is 0 Å². The minimum atomic E-state index is -0.782. The van der Waals surface area contributed by atoms with Crippen LogP contribution in [0, 0.1) is 17.8 Å². The average molecular weight is 283 g/mol. The molecular formula is C16H29NO3. The number of amides is 1. The van der Waals surface area contributed by atoms with E-state index in [0.29, 0.717) is 18.9 Å². The van der Waals surface area contributed by atoms with Crippen molar-refractivity contribution in [2.45, 2.75) is 65.2 Å². The summed E-state index contributed by atoms with van der Waals surface area (Å²) in [6.07, 6.45) is 7.70. The van der Waals surface area contributed by atoms with Crippen LogP contribution in [0.25, 0.3) is 0 Å². The summed E-state index contributed by atoms with van der Waals surface area (Å²) in [5, 5.41) is 11.8. The zero-order chi connectivity index (χ0) is 15.0. The van der Waals surface area contributed by atoms with Crippen molar-refractivity contribution in [2.24, 2.45) is 17.8 Å². The minimum absolute atomic E-state index is 0.0444. The van der Waals surface area contributed by atoms with Crippen LogP contribution >= 0.6 is 0 Å². The predicted molar refractivity (Wildman–Crippen MR) is 79.4 cm³/mol. The third-order valence-corrected chi connectivity index (χ3v) is 4.11. The van der Waals surface area contributed by atoms with Gasteiger partial charge in [0, 0.05) is 19.4 Å². The Kier molecular flexibility index (Phi) is 7.63. The highest BCUT2D eigenvalue weighted by Crippen LogP contribution is 2.28. The molecule has 1 saturated carbocycles. The zero-order valence-electron chi connectivity index (χ0n) is 12.9. The molecule has 0 aromatic rings. The van der Waals surface area contributed by atoms with Crippen LogP contribution in [0.1, 0.15) is 65.2 Å². The fourth-order valence-corrected chi connectivity index (χ4v) is 3.13. The predicted octanol–water partition coefficient (Wildman–Crippen LogP) is 3.21. The van der Waals surface area contributed by atoms with Crippen LogP contribution in [0.5, 0.6) is 0 Å². The van der Waals surface area contributed by atoms with Crippen LogP contribution in [-0.4, -0.2) is 23.5 Å². The molecule has 1 atom stereocenters. The molecule has 1 fully saturated rings. The summed E-state index contributed by atoms with van der Waals surface area (Å²) < 4.78 is 0. The molecule has 1 rings (SSSR count). The normalized spacial score (nSPS) is 17.4. The number of carbonyl (C=O) groups is 2. The van der Waals surface area contributed by atoms with E-state index >= 15 is 0 Å². The fourth-order valence-electron chi connectivity index (χ4n) is 3.13. The molecule has 20 heavy (non-hydrogen) atoms. The van der Waals surface area contributed by atoms with Crippen molar-refractivity contribution in [1.29, 1.82) is 0 Å². The van der Waals surface area contributed by atoms with Gasteiger partial charge in [-0.05, 0) is 30.6 Å². The molecule has 1 aliphatic carbocycles. The number of hydrogen-bond acceptors (Lipinski definition) is 2. The summed E-state index contributed by atoms with van der Waals surface area (Å²) >= 11 is 0. The molecule has 0 aromatic carbocycles. The number of hydrogen-bond donors (Lipinski definition) is 2. The van der Waals surface area contributed by atoms with E-state index in [1.54, 1.807) is 0 Å². The maximum atomic E-state index is 11.8. The van der Waals surface area contributed by atoms with Gasteiger partial charge in [0.1, 0.15) is 0 Å². The van der Waals surface area contributed by atoms with Gasteiger partial charge in [0.05, 0.1) is 0 Å². The third-order valence-electron chi connectivity index (χ3n) is 4.11. The van der Waals surface area contributed by atoms with Gasteiger partial charge >= 0.3 is 5.97 Å². The van der Waals surface area contributed by atoms with E-state index in [1.165, 1.54) is 25.7 Å². The summed E-state index contributed by atoms with van der Waals surface area (Å²) in [5.74, 6) is 0.524. The van der Waals surface area contributed by atoms with Gasteiger partial charge < -0.3 is 10.4 Å². The fraction of sp³-hybridized carbons (Fsp3) is 0.875. The summed E-state index contributed by atoms with van der Waals surface area (Å²) in [6.45, 7) is 4.65. The quantitative estimate of drug-likeness (QED) is 0.683. The Bertz CT molecular complexity index is 309. The Labute approximate surface area is 122 Å². The maximum Gasteiger partial charge on any atom is 0.303 e. The molecule has 2 N–H and O–H groups in total. The van der Waals surface area contributed by atoms with Gasteiger partial charge in [-0.3, -0.25) is 9.59 Å². The van der Waals surface area contributed by atoms with E-state index in [0.717, 1.165) is 18.8 Å². The van der Waals surface area contributed by atoms with Crippen molar-refractivity contribution in [1.82, 2.24) is 5.32 Å². The first-order valence-electron chi connectivity index (χ1n) is 7.95. The molecule has 116 valence electrons. The second-order valence-electron chi connectivity index (χ2n) is 6.59. The summed E-state index contributed by atoms with van der Waals surface area (Å²) in [5.41, 5.74) is 0. The standard InChI is InChI=1S/C16H29NO3/c1-12(2)9-14(10-16(19)20)11-17-15(18)8-7-13-5-3-4-6-13/h12-14H,3-11H2,1-2H3,(H,17,18)(H,19,20)/t14-/m0/s1. The average Bonchev–Trinajstić information content (AvgIpc) is 2.85. The molecule has 0 heterocycles. The first-order chi connectivity index (χ1) is 9.47. The van der Waals surface area contributed by atoms with Crippen LogP contribution in [-0.2, 0) is 9.59 Å². The van der Waals surface area contributed by atoms with Crippen LogP contribution in [0.2, 0.25) is 0 Å². The third kappa shape index (κ3) is 7.51. The van der Waals surface area contributed by atoms with Crippen molar-refractivity contribution >= 4 is 11.9 Å². The molecule has 1 aliphatic rings. The van der Waals surface area contributed by atoms with E-state index in [-0.39, 0.29) is 18.2 Å².